The van der Waals surface area contributed by atoms with Gasteiger partial charge in [-0.05, 0) is 26.0 Å². The lowest BCUT2D eigenvalue weighted by Gasteiger charge is -2.23. The van der Waals surface area contributed by atoms with E-state index in [4.69, 9.17) is 5.73 Å². The number of nitrogens with one attached hydrogen (secondary N) is 1. The molecule has 1 aromatic heterocycles. The lowest BCUT2D eigenvalue weighted by molar-refractivity contribution is -0.125. The van der Waals surface area contributed by atoms with E-state index in [1.807, 2.05) is 0 Å². The molecule has 4 nitrogen and oxygen atoms in total. The van der Waals surface area contributed by atoms with Crippen LogP contribution in [0.1, 0.15) is 19.5 Å². The monoisotopic (exact) mass is 193 g/mol. The van der Waals surface area contributed by atoms with E-state index in [-0.39, 0.29) is 5.91 Å². The van der Waals surface area contributed by atoms with Crippen LogP contribution in [0.15, 0.2) is 18.3 Å². The summed E-state index contributed by atoms with van der Waals surface area (Å²) >= 11 is 0. The molecule has 0 aliphatic rings. The summed E-state index contributed by atoms with van der Waals surface area (Å²) in [6, 6.07) is 3.49. The van der Waals surface area contributed by atoms with Gasteiger partial charge in [0.05, 0.1) is 16.8 Å². The van der Waals surface area contributed by atoms with E-state index in [1.165, 1.54) is 0 Å². The second-order valence-corrected chi connectivity index (χ2v) is 3.65. The zero-order chi connectivity index (χ0) is 10.8. The summed E-state index contributed by atoms with van der Waals surface area (Å²) in [5, 5.41) is 2.60. The number of hydrogen-bond donors (Lipinski definition) is 2. The normalized spacial score (nSPS) is 11.1. The molecular formula is C10H15N3O. The minimum Gasteiger partial charge on any atom is -0.397 e. The minimum absolute atomic E-state index is 0.0945. The second kappa shape index (κ2) is 3.65. The lowest BCUT2D eigenvalue weighted by Crippen LogP contribution is -2.39. The maximum atomic E-state index is 11.6. The highest BCUT2D eigenvalue weighted by Gasteiger charge is 2.31. The molecule has 0 bridgehead atoms. The summed E-state index contributed by atoms with van der Waals surface area (Å²) < 4.78 is 0. The summed E-state index contributed by atoms with van der Waals surface area (Å²) in [7, 11) is 1.60. The molecule has 14 heavy (non-hydrogen) atoms. The van der Waals surface area contributed by atoms with Crippen LogP contribution in [0.2, 0.25) is 0 Å². The average Bonchev–Trinajstić information content (AvgIpc) is 2.17. The van der Waals surface area contributed by atoms with Crippen molar-refractivity contribution in [3.05, 3.63) is 24.0 Å². The SMILES string of the molecule is CNC(=O)C(C)(C)c1ncccc1N. The van der Waals surface area contributed by atoms with Crippen LogP contribution in [0, 0.1) is 0 Å². The van der Waals surface area contributed by atoms with Gasteiger partial charge in [0.1, 0.15) is 0 Å². The van der Waals surface area contributed by atoms with Gasteiger partial charge in [0.2, 0.25) is 5.91 Å². The van der Waals surface area contributed by atoms with E-state index < -0.39 is 5.41 Å². The van der Waals surface area contributed by atoms with Crippen LogP contribution in [-0.2, 0) is 10.2 Å². The van der Waals surface area contributed by atoms with E-state index >= 15 is 0 Å². The van der Waals surface area contributed by atoms with Gasteiger partial charge in [0.15, 0.2) is 0 Å². The van der Waals surface area contributed by atoms with Crippen LogP contribution in [0.3, 0.4) is 0 Å². The maximum absolute atomic E-state index is 11.6. The molecule has 3 N–H and O–H groups in total. The van der Waals surface area contributed by atoms with E-state index in [2.05, 4.69) is 10.3 Å². The van der Waals surface area contributed by atoms with Crippen LogP contribution in [0.4, 0.5) is 5.69 Å². The van der Waals surface area contributed by atoms with E-state index in [9.17, 15) is 4.79 Å². The fourth-order valence-corrected chi connectivity index (χ4v) is 1.36. The van der Waals surface area contributed by atoms with Crippen LogP contribution in [0.5, 0.6) is 0 Å². The lowest BCUT2D eigenvalue weighted by atomic mass is 9.87. The number of carbonyl (C=O) groups is 1. The average molecular weight is 193 g/mol. The summed E-state index contributed by atoms with van der Waals surface area (Å²) in [6.07, 6.45) is 1.64. The molecule has 1 heterocycles. The first-order valence-electron chi connectivity index (χ1n) is 4.43. The van der Waals surface area contributed by atoms with Crippen LogP contribution < -0.4 is 11.1 Å². The Labute approximate surface area is 83.5 Å². The predicted molar refractivity (Wildman–Crippen MR) is 55.7 cm³/mol. The van der Waals surface area contributed by atoms with E-state index in [0.29, 0.717) is 11.4 Å². The van der Waals surface area contributed by atoms with Crippen molar-refractivity contribution in [1.82, 2.24) is 10.3 Å². The maximum Gasteiger partial charge on any atom is 0.231 e. The number of likely N-dealkylation sites (N-methyl/N-ethyl adjacent to an activating group) is 1. The van der Waals surface area contributed by atoms with Gasteiger partial charge in [0, 0.05) is 13.2 Å². The predicted octanol–water partition coefficient (Wildman–Crippen LogP) is 0.687. The largest absolute Gasteiger partial charge is 0.397 e. The third-order valence-electron chi connectivity index (χ3n) is 2.23. The molecule has 4 heteroatoms. The number of carbonyl (C=O) groups excluding carboxylic acids is 1. The van der Waals surface area contributed by atoms with Crippen LogP contribution in [0.25, 0.3) is 0 Å². The van der Waals surface area contributed by atoms with Crippen molar-refractivity contribution in [1.29, 1.82) is 0 Å². The fourth-order valence-electron chi connectivity index (χ4n) is 1.36. The Morgan fingerprint density at radius 3 is 2.71 bits per heavy atom. The molecular weight excluding hydrogens is 178 g/mol. The van der Waals surface area contributed by atoms with Crippen LogP contribution >= 0.6 is 0 Å². The minimum atomic E-state index is -0.694. The molecule has 76 valence electrons. The van der Waals surface area contributed by atoms with Crippen molar-refractivity contribution >= 4 is 11.6 Å². The Hall–Kier alpha value is -1.58. The Morgan fingerprint density at radius 1 is 1.57 bits per heavy atom. The molecule has 0 saturated carbocycles. The van der Waals surface area contributed by atoms with Crippen molar-refractivity contribution in [2.24, 2.45) is 0 Å². The molecule has 0 aliphatic heterocycles. The molecule has 1 amide bonds. The Balaban J connectivity index is 3.16. The quantitative estimate of drug-likeness (QED) is 0.726. The number of pyridine rings is 1. The van der Waals surface area contributed by atoms with Crippen molar-refractivity contribution in [3.63, 3.8) is 0 Å². The number of hydrogen-bond acceptors (Lipinski definition) is 3. The second-order valence-electron chi connectivity index (χ2n) is 3.65. The highest BCUT2D eigenvalue weighted by molar-refractivity contribution is 5.87. The molecule has 0 spiro atoms. The molecule has 0 aliphatic carbocycles. The summed E-state index contributed by atoms with van der Waals surface area (Å²) in [6.45, 7) is 3.59. The molecule has 0 aromatic carbocycles. The molecule has 0 radical (unpaired) electrons. The number of amides is 1. The first-order chi connectivity index (χ1) is 6.50. The van der Waals surface area contributed by atoms with E-state index in [1.54, 1.807) is 39.2 Å². The third kappa shape index (κ3) is 1.69. The number of anilines is 1. The topological polar surface area (TPSA) is 68.0 Å². The van der Waals surface area contributed by atoms with Crippen molar-refractivity contribution in [2.75, 3.05) is 12.8 Å². The smallest absolute Gasteiger partial charge is 0.231 e. The van der Waals surface area contributed by atoms with Crippen molar-refractivity contribution in [3.8, 4) is 0 Å². The number of nitrogens with zero attached hydrogens (tertiary/aromatic N) is 1. The van der Waals surface area contributed by atoms with Gasteiger partial charge >= 0.3 is 0 Å². The van der Waals surface area contributed by atoms with Crippen LogP contribution in [-0.4, -0.2) is 17.9 Å². The van der Waals surface area contributed by atoms with Gasteiger partial charge in [-0.1, -0.05) is 0 Å². The Bertz CT molecular complexity index is 347. The molecule has 0 atom stereocenters. The first kappa shape index (κ1) is 10.5. The molecule has 0 unspecified atom stereocenters. The molecule has 1 aromatic rings. The highest BCUT2D eigenvalue weighted by atomic mass is 16.2. The van der Waals surface area contributed by atoms with Gasteiger partial charge in [-0.3, -0.25) is 9.78 Å². The number of nitrogens with two attached hydrogens (primary N) is 1. The van der Waals surface area contributed by atoms with Gasteiger partial charge in [-0.25, -0.2) is 0 Å². The summed E-state index contributed by atoms with van der Waals surface area (Å²) in [5.74, 6) is -0.0945. The van der Waals surface area contributed by atoms with E-state index in [0.717, 1.165) is 0 Å². The van der Waals surface area contributed by atoms with Gasteiger partial charge in [-0.2, -0.15) is 0 Å². The summed E-state index contributed by atoms with van der Waals surface area (Å²) in [5.41, 5.74) is 6.22. The van der Waals surface area contributed by atoms with Crippen molar-refractivity contribution < 1.29 is 4.79 Å². The molecule has 0 saturated heterocycles. The number of aromatic nitrogens is 1. The van der Waals surface area contributed by atoms with Gasteiger partial charge < -0.3 is 11.1 Å². The molecule has 1 rings (SSSR count). The summed E-state index contributed by atoms with van der Waals surface area (Å²) in [4.78, 5) is 15.7. The zero-order valence-corrected chi connectivity index (χ0v) is 8.66. The highest BCUT2D eigenvalue weighted by Crippen LogP contribution is 2.25. The number of rotatable bonds is 2. The number of nitrogen functional groups attached to an aromatic ring is 1. The fraction of sp³-hybridized carbons (Fsp3) is 0.400. The Morgan fingerprint density at radius 2 is 2.21 bits per heavy atom. The van der Waals surface area contributed by atoms with Crippen molar-refractivity contribution in [2.45, 2.75) is 19.3 Å². The Kier molecular flexibility index (Phi) is 2.74. The molecule has 0 fully saturated rings. The van der Waals surface area contributed by atoms with Gasteiger partial charge in [0.25, 0.3) is 0 Å². The van der Waals surface area contributed by atoms with Gasteiger partial charge in [-0.15, -0.1) is 0 Å². The zero-order valence-electron chi connectivity index (χ0n) is 8.66. The standard InChI is InChI=1S/C10H15N3O/c1-10(2,9(14)12-3)8-7(11)5-4-6-13-8/h4-6H,11H2,1-3H3,(H,12,14). The first-order valence-corrected chi connectivity index (χ1v) is 4.43. The third-order valence-corrected chi connectivity index (χ3v) is 2.23.